The van der Waals surface area contributed by atoms with Gasteiger partial charge in [0, 0.05) is 31.1 Å². The van der Waals surface area contributed by atoms with Crippen LogP contribution in [-0.4, -0.2) is 30.8 Å². The summed E-state index contributed by atoms with van der Waals surface area (Å²) in [7, 11) is 0. The lowest BCUT2D eigenvalue weighted by Gasteiger charge is -2.08. The van der Waals surface area contributed by atoms with E-state index in [2.05, 4.69) is 28.9 Å². The molecule has 2 heterocycles. The zero-order chi connectivity index (χ0) is 19.2. The van der Waals surface area contributed by atoms with E-state index in [0.717, 1.165) is 48.6 Å². The largest absolute Gasteiger partial charge is 0.478 e. The van der Waals surface area contributed by atoms with Crippen LogP contribution in [0.3, 0.4) is 0 Å². The number of aryl methyl sites for hydroxylation is 2. The lowest BCUT2D eigenvalue weighted by atomic mass is 10.0. The maximum absolute atomic E-state index is 11.4. The van der Waals surface area contributed by atoms with Gasteiger partial charge in [-0.05, 0) is 24.1 Å². The van der Waals surface area contributed by atoms with E-state index in [1.165, 1.54) is 0 Å². The Hall–Kier alpha value is -3.02. The Kier molecular flexibility index (Phi) is 5.96. The molecule has 0 aliphatic carbocycles. The summed E-state index contributed by atoms with van der Waals surface area (Å²) in [5.41, 5.74) is 2.59. The van der Waals surface area contributed by atoms with Gasteiger partial charge in [-0.15, -0.1) is 0 Å². The first-order valence-corrected chi connectivity index (χ1v) is 9.32. The standard InChI is InChI=1S/C21H24N4O2/c1-3-5-13-25-19(23-18(4-2)24-25)14-15-8-10-16(11-9-15)20-17(21(26)27)7-6-12-22-20/h6-12H,3-5,13-14H2,1-2H3,(H,26,27). The fraction of sp³-hybridized carbons (Fsp3) is 0.333. The second-order valence-electron chi connectivity index (χ2n) is 6.45. The minimum atomic E-state index is -0.974. The molecule has 140 valence electrons. The Morgan fingerprint density at radius 3 is 2.59 bits per heavy atom. The van der Waals surface area contributed by atoms with Crippen molar-refractivity contribution < 1.29 is 9.90 Å². The minimum Gasteiger partial charge on any atom is -0.478 e. The van der Waals surface area contributed by atoms with Gasteiger partial charge in [-0.1, -0.05) is 44.5 Å². The Balaban J connectivity index is 1.83. The van der Waals surface area contributed by atoms with E-state index < -0.39 is 5.97 Å². The second-order valence-corrected chi connectivity index (χ2v) is 6.45. The molecule has 0 fully saturated rings. The van der Waals surface area contributed by atoms with E-state index in [9.17, 15) is 9.90 Å². The van der Waals surface area contributed by atoms with Crippen LogP contribution in [0.1, 0.15) is 54.3 Å². The molecule has 6 heteroatoms. The molecule has 0 unspecified atom stereocenters. The zero-order valence-corrected chi connectivity index (χ0v) is 15.7. The van der Waals surface area contributed by atoms with Crippen LogP contribution in [0, 0.1) is 0 Å². The van der Waals surface area contributed by atoms with Gasteiger partial charge in [-0.25, -0.2) is 14.5 Å². The minimum absolute atomic E-state index is 0.206. The van der Waals surface area contributed by atoms with Gasteiger partial charge in [0.25, 0.3) is 0 Å². The fourth-order valence-electron chi connectivity index (χ4n) is 2.96. The number of carbonyl (C=O) groups is 1. The average Bonchev–Trinajstić information content (AvgIpc) is 3.08. The second kappa shape index (κ2) is 8.58. The van der Waals surface area contributed by atoms with Gasteiger partial charge in [0.1, 0.15) is 5.82 Å². The molecule has 0 saturated heterocycles. The first kappa shape index (κ1) is 18.8. The number of nitrogens with zero attached hydrogens (tertiary/aromatic N) is 4. The number of aromatic carboxylic acids is 1. The van der Waals surface area contributed by atoms with Crippen molar-refractivity contribution in [3.05, 3.63) is 65.4 Å². The molecule has 1 aromatic carbocycles. The smallest absolute Gasteiger partial charge is 0.337 e. The topological polar surface area (TPSA) is 80.9 Å². The van der Waals surface area contributed by atoms with E-state index in [1.807, 2.05) is 28.9 Å². The zero-order valence-electron chi connectivity index (χ0n) is 15.7. The third kappa shape index (κ3) is 4.39. The van der Waals surface area contributed by atoms with Gasteiger partial charge in [0.2, 0.25) is 0 Å². The Labute approximate surface area is 158 Å². The van der Waals surface area contributed by atoms with Crippen LogP contribution in [0.2, 0.25) is 0 Å². The highest BCUT2D eigenvalue weighted by molar-refractivity contribution is 5.94. The summed E-state index contributed by atoms with van der Waals surface area (Å²) in [4.78, 5) is 20.3. The molecule has 0 bridgehead atoms. The van der Waals surface area contributed by atoms with Crippen molar-refractivity contribution in [1.82, 2.24) is 19.7 Å². The van der Waals surface area contributed by atoms with E-state index >= 15 is 0 Å². The highest BCUT2D eigenvalue weighted by Crippen LogP contribution is 2.22. The SMILES string of the molecule is CCCCn1nc(CC)nc1Cc1ccc(-c2ncccc2C(=O)O)cc1. The summed E-state index contributed by atoms with van der Waals surface area (Å²) in [6, 6.07) is 11.0. The van der Waals surface area contributed by atoms with E-state index in [-0.39, 0.29) is 5.56 Å². The summed E-state index contributed by atoms with van der Waals surface area (Å²) in [6.07, 6.45) is 5.33. The van der Waals surface area contributed by atoms with Gasteiger partial charge >= 0.3 is 5.97 Å². The third-order valence-electron chi connectivity index (χ3n) is 4.46. The molecule has 6 nitrogen and oxygen atoms in total. The Morgan fingerprint density at radius 2 is 1.93 bits per heavy atom. The van der Waals surface area contributed by atoms with Crippen LogP contribution in [-0.2, 0) is 19.4 Å². The Bertz CT molecular complexity index is 916. The number of benzene rings is 1. The lowest BCUT2D eigenvalue weighted by molar-refractivity contribution is 0.0697. The van der Waals surface area contributed by atoms with E-state index in [1.54, 1.807) is 18.3 Å². The Morgan fingerprint density at radius 1 is 1.15 bits per heavy atom. The van der Waals surface area contributed by atoms with Crippen molar-refractivity contribution in [1.29, 1.82) is 0 Å². The summed E-state index contributed by atoms with van der Waals surface area (Å²) in [5.74, 6) is 0.868. The van der Waals surface area contributed by atoms with E-state index in [4.69, 9.17) is 0 Å². The van der Waals surface area contributed by atoms with Gasteiger partial charge in [-0.3, -0.25) is 4.98 Å². The van der Waals surface area contributed by atoms with Crippen LogP contribution >= 0.6 is 0 Å². The number of rotatable bonds is 8. The molecule has 27 heavy (non-hydrogen) atoms. The maximum atomic E-state index is 11.4. The maximum Gasteiger partial charge on any atom is 0.337 e. The van der Waals surface area contributed by atoms with Crippen molar-refractivity contribution in [3.63, 3.8) is 0 Å². The van der Waals surface area contributed by atoms with Crippen LogP contribution in [0.15, 0.2) is 42.6 Å². The molecule has 3 aromatic rings. The summed E-state index contributed by atoms with van der Waals surface area (Å²) in [6.45, 7) is 5.11. The molecule has 0 radical (unpaired) electrons. The molecule has 0 amide bonds. The van der Waals surface area contributed by atoms with Crippen LogP contribution in [0.4, 0.5) is 0 Å². The van der Waals surface area contributed by atoms with E-state index in [0.29, 0.717) is 12.1 Å². The van der Waals surface area contributed by atoms with Crippen molar-refractivity contribution in [2.75, 3.05) is 0 Å². The monoisotopic (exact) mass is 364 g/mol. The average molecular weight is 364 g/mol. The predicted molar refractivity (Wildman–Crippen MR) is 104 cm³/mol. The first-order chi connectivity index (χ1) is 13.1. The molecular formula is C21H24N4O2. The molecule has 3 rings (SSSR count). The van der Waals surface area contributed by atoms with Gasteiger partial charge in [0.05, 0.1) is 11.3 Å². The summed E-state index contributed by atoms with van der Waals surface area (Å²) in [5, 5.41) is 13.9. The number of hydrogen-bond donors (Lipinski definition) is 1. The highest BCUT2D eigenvalue weighted by atomic mass is 16.4. The molecule has 0 aliphatic heterocycles. The van der Waals surface area contributed by atoms with Crippen molar-refractivity contribution in [3.8, 4) is 11.3 Å². The van der Waals surface area contributed by atoms with Gasteiger partial charge < -0.3 is 5.11 Å². The predicted octanol–water partition coefficient (Wildman–Crippen LogP) is 3.99. The number of aromatic nitrogens is 4. The molecule has 0 saturated carbocycles. The molecule has 0 atom stereocenters. The lowest BCUT2D eigenvalue weighted by Crippen LogP contribution is -2.06. The number of carboxylic acids is 1. The number of pyridine rings is 1. The van der Waals surface area contributed by atoms with Crippen molar-refractivity contribution >= 4 is 5.97 Å². The molecule has 0 spiro atoms. The molecule has 0 aliphatic rings. The van der Waals surface area contributed by atoms with Crippen LogP contribution < -0.4 is 0 Å². The number of hydrogen-bond acceptors (Lipinski definition) is 4. The molecular weight excluding hydrogens is 340 g/mol. The first-order valence-electron chi connectivity index (χ1n) is 9.32. The highest BCUT2D eigenvalue weighted by Gasteiger charge is 2.13. The van der Waals surface area contributed by atoms with Gasteiger partial charge in [0.15, 0.2) is 5.82 Å². The fourth-order valence-corrected chi connectivity index (χ4v) is 2.96. The number of unbranched alkanes of at least 4 members (excludes halogenated alkanes) is 1. The van der Waals surface area contributed by atoms with Crippen LogP contribution in [0.5, 0.6) is 0 Å². The molecule has 1 N–H and O–H groups in total. The van der Waals surface area contributed by atoms with Crippen LogP contribution in [0.25, 0.3) is 11.3 Å². The number of carboxylic acid groups (broad SMARTS) is 1. The summed E-state index contributed by atoms with van der Waals surface area (Å²) < 4.78 is 2.01. The normalized spacial score (nSPS) is 10.9. The van der Waals surface area contributed by atoms with Crippen molar-refractivity contribution in [2.45, 2.75) is 46.1 Å². The third-order valence-corrected chi connectivity index (χ3v) is 4.46. The van der Waals surface area contributed by atoms with Gasteiger partial charge in [-0.2, -0.15) is 5.10 Å². The molecule has 2 aromatic heterocycles. The van der Waals surface area contributed by atoms with Crippen molar-refractivity contribution in [2.24, 2.45) is 0 Å². The summed E-state index contributed by atoms with van der Waals surface area (Å²) >= 11 is 0. The quantitative estimate of drug-likeness (QED) is 0.653.